The van der Waals surface area contributed by atoms with Gasteiger partial charge in [-0.05, 0) is 11.8 Å². The molecule has 0 aliphatic heterocycles. The fourth-order valence-corrected chi connectivity index (χ4v) is 1.29. The molecule has 5 heteroatoms. The summed E-state index contributed by atoms with van der Waals surface area (Å²) in [7, 11) is 0. The van der Waals surface area contributed by atoms with Gasteiger partial charge in [0, 0.05) is 5.41 Å². The second kappa shape index (κ2) is 4.04. The van der Waals surface area contributed by atoms with Gasteiger partial charge in [0.25, 0.3) is 5.17 Å². The number of oxazole rings is 1. The molecule has 1 rings (SSSR count). The van der Waals surface area contributed by atoms with Gasteiger partial charge in [-0.1, -0.05) is 20.8 Å². The van der Waals surface area contributed by atoms with Gasteiger partial charge in [0.1, 0.15) is 5.76 Å². The van der Waals surface area contributed by atoms with Crippen LogP contribution in [-0.2, 0) is 11.2 Å². The molecule has 0 fully saturated rings. The minimum absolute atomic E-state index is 0.00606. The first kappa shape index (κ1) is 11.1. The van der Waals surface area contributed by atoms with Crippen LogP contribution in [0.1, 0.15) is 32.4 Å². The van der Waals surface area contributed by atoms with Gasteiger partial charge in [-0.2, -0.15) is 0 Å². The van der Waals surface area contributed by atoms with Crippen molar-refractivity contribution in [3.63, 3.8) is 0 Å². The van der Waals surface area contributed by atoms with Crippen molar-refractivity contribution in [3.05, 3.63) is 17.8 Å². The van der Waals surface area contributed by atoms with Crippen LogP contribution in [0, 0.1) is 0 Å². The van der Waals surface area contributed by atoms with Crippen LogP contribution >= 0.6 is 11.8 Å². The Morgan fingerprint density at radius 1 is 1.64 bits per heavy atom. The van der Waals surface area contributed by atoms with Crippen molar-refractivity contribution in [2.75, 3.05) is 0 Å². The highest BCUT2D eigenvalue weighted by atomic mass is 32.2. The topological polar surface area (TPSA) is 77.6 Å². The number of thioether (sulfide) groups is 1. The van der Waals surface area contributed by atoms with Gasteiger partial charge in [0.2, 0.25) is 5.89 Å². The smallest absolute Gasteiger partial charge is 0.300 e. The first-order valence-corrected chi connectivity index (χ1v) is 5.34. The molecule has 4 nitrogen and oxygen atoms in total. The van der Waals surface area contributed by atoms with Crippen molar-refractivity contribution in [3.8, 4) is 0 Å². The monoisotopic (exact) mass is 214 g/mol. The molecule has 1 aromatic rings. The molecule has 1 aromatic heterocycles. The molecule has 0 saturated heterocycles. The summed E-state index contributed by atoms with van der Waals surface area (Å²) in [6.07, 6.45) is 1.75. The molecule has 0 radical (unpaired) electrons. The fourth-order valence-electron chi connectivity index (χ4n) is 0.869. The van der Waals surface area contributed by atoms with Gasteiger partial charge >= 0.3 is 0 Å². The van der Waals surface area contributed by atoms with Crippen molar-refractivity contribution in [2.45, 2.75) is 31.9 Å². The van der Waals surface area contributed by atoms with Crippen LogP contribution < -0.4 is 11.1 Å². The van der Waals surface area contributed by atoms with E-state index in [1.54, 1.807) is 6.20 Å². The maximum absolute atomic E-state index is 5.54. The quantitative estimate of drug-likeness (QED) is 0.547. The summed E-state index contributed by atoms with van der Waals surface area (Å²) in [5, 5.41) is 5.65. The Morgan fingerprint density at radius 3 is 2.71 bits per heavy atom. The number of nitrogens with zero attached hydrogens (tertiary/aromatic N) is 1. The molecule has 0 amide bonds. The van der Waals surface area contributed by atoms with E-state index in [4.69, 9.17) is 15.6 Å². The molecule has 0 aliphatic carbocycles. The number of amidine groups is 1. The van der Waals surface area contributed by atoms with Crippen molar-refractivity contribution in [1.82, 2.24) is 4.98 Å². The van der Waals surface area contributed by atoms with Gasteiger partial charge in [-0.3, -0.25) is 11.1 Å². The van der Waals surface area contributed by atoms with E-state index in [-0.39, 0.29) is 5.41 Å². The molecule has 0 atom stereocenters. The second-order valence-electron chi connectivity index (χ2n) is 4.06. The van der Waals surface area contributed by atoms with Crippen LogP contribution in [0.2, 0.25) is 0 Å². The average Bonchev–Trinajstić information content (AvgIpc) is 2.47. The van der Waals surface area contributed by atoms with E-state index in [0.717, 1.165) is 5.76 Å². The maximum Gasteiger partial charge on any atom is 0.300 e. The highest BCUT2D eigenvalue weighted by Gasteiger charge is 2.19. The van der Waals surface area contributed by atoms with Gasteiger partial charge in [0.05, 0.1) is 11.9 Å². The van der Waals surface area contributed by atoms with E-state index in [1.807, 2.05) is 0 Å². The lowest BCUT2D eigenvalue weighted by atomic mass is 9.94. The number of hydrogen-bond donors (Lipinski definition) is 2. The van der Waals surface area contributed by atoms with E-state index >= 15 is 0 Å². The van der Waals surface area contributed by atoms with Crippen LogP contribution in [0.15, 0.2) is 10.6 Å². The van der Waals surface area contributed by atoms with E-state index in [0.29, 0.717) is 16.8 Å². The van der Waals surface area contributed by atoms with Gasteiger partial charge < -0.3 is 4.42 Å². The lowest BCUT2D eigenvalue weighted by molar-refractivity contribution is -0.110. The Hall–Kier alpha value is -0.970. The fraction of sp³-hybridized carbons (Fsp3) is 0.556. The minimum atomic E-state index is -0.00606. The largest absolute Gasteiger partial charge is 0.444 e. The molecule has 0 saturated carbocycles. The molecule has 0 bridgehead atoms. The number of rotatable bonds is 2. The Morgan fingerprint density at radius 2 is 2.29 bits per heavy atom. The molecule has 0 aromatic carbocycles. The normalized spacial score (nSPS) is 11.6. The Kier molecular flexibility index (Phi) is 3.21. The van der Waals surface area contributed by atoms with E-state index in [9.17, 15) is 0 Å². The first-order valence-electron chi connectivity index (χ1n) is 4.35. The average molecular weight is 214 g/mol. The maximum atomic E-state index is 5.54. The Balaban J connectivity index is 2.64. The van der Waals surface area contributed by atoms with E-state index in [1.165, 1.54) is 11.8 Å². The van der Waals surface area contributed by atoms with Crippen LogP contribution in [0.25, 0.3) is 0 Å². The summed E-state index contributed by atoms with van der Waals surface area (Å²) in [4.78, 5) is 4.14. The first-order chi connectivity index (χ1) is 6.39. The summed E-state index contributed by atoms with van der Waals surface area (Å²) >= 11 is 1.32. The van der Waals surface area contributed by atoms with Crippen molar-refractivity contribution in [1.29, 1.82) is 0 Å². The predicted octanol–water partition coefficient (Wildman–Crippen LogP) is 0.279. The minimum Gasteiger partial charge on any atom is -0.444 e. The van der Waals surface area contributed by atoms with Gasteiger partial charge in [-0.25, -0.2) is 4.98 Å². The second-order valence-corrected chi connectivity index (χ2v) is 5.11. The van der Waals surface area contributed by atoms with E-state index < -0.39 is 0 Å². The van der Waals surface area contributed by atoms with Crippen molar-refractivity contribution in [2.24, 2.45) is 5.73 Å². The SMILES string of the molecule is CC(C)(C)c1cnc(CSC(N)=[NH2+])o1. The highest BCUT2D eigenvalue weighted by molar-refractivity contribution is 8.12. The van der Waals surface area contributed by atoms with Crippen molar-refractivity contribution >= 4 is 16.9 Å². The molecular formula is C9H16N3OS+. The lowest BCUT2D eigenvalue weighted by Gasteiger charge is -2.12. The van der Waals surface area contributed by atoms with Crippen LogP contribution in [0.3, 0.4) is 0 Å². The van der Waals surface area contributed by atoms with Crippen molar-refractivity contribution < 1.29 is 9.83 Å². The standard InChI is InChI=1S/C9H15N3OS/c1-9(2,3)6-4-12-7(13-6)5-14-8(10)11/h4H,5H2,1-3H3,(H3,10,11)/p+1. The van der Waals surface area contributed by atoms with E-state index in [2.05, 4.69) is 25.8 Å². The summed E-state index contributed by atoms with van der Waals surface area (Å²) in [6, 6.07) is 0. The third-order valence-corrected chi connectivity index (χ3v) is 2.38. The molecule has 0 aliphatic rings. The zero-order valence-corrected chi connectivity index (χ0v) is 9.52. The number of nitrogens with two attached hydrogens (primary N) is 2. The summed E-state index contributed by atoms with van der Waals surface area (Å²) in [5.74, 6) is 2.12. The summed E-state index contributed by atoms with van der Waals surface area (Å²) in [6.45, 7) is 6.23. The zero-order valence-electron chi connectivity index (χ0n) is 8.70. The zero-order chi connectivity index (χ0) is 10.8. The molecule has 78 valence electrons. The van der Waals surface area contributed by atoms with Gasteiger partial charge in [0.15, 0.2) is 0 Å². The predicted molar refractivity (Wildman–Crippen MR) is 57.6 cm³/mol. The number of hydrogen-bond acceptors (Lipinski definition) is 3. The molecular weight excluding hydrogens is 198 g/mol. The lowest BCUT2D eigenvalue weighted by Crippen LogP contribution is -2.43. The van der Waals surface area contributed by atoms with Crippen LogP contribution in [0.5, 0.6) is 0 Å². The molecule has 0 spiro atoms. The Labute approximate surface area is 87.8 Å². The third-order valence-electron chi connectivity index (χ3n) is 1.66. The molecule has 14 heavy (non-hydrogen) atoms. The summed E-state index contributed by atoms with van der Waals surface area (Å²) < 4.78 is 5.54. The Bertz CT molecular complexity index is 327. The molecule has 0 unspecified atom stereocenters. The molecule has 1 heterocycles. The van der Waals surface area contributed by atoms with Gasteiger partial charge in [-0.15, -0.1) is 0 Å². The van der Waals surface area contributed by atoms with Crippen LogP contribution in [0.4, 0.5) is 0 Å². The summed E-state index contributed by atoms with van der Waals surface area (Å²) in [5.41, 5.74) is 5.31. The molecule has 4 N–H and O–H groups in total. The third kappa shape index (κ3) is 3.06. The highest BCUT2D eigenvalue weighted by Crippen LogP contribution is 2.23. The van der Waals surface area contributed by atoms with Crippen LogP contribution in [-0.4, -0.2) is 10.2 Å². The number of aromatic nitrogens is 1.